The molecule has 1 fully saturated rings. The van der Waals surface area contributed by atoms with Gasteiger partial charge in [0.05, 0.1) is 13.0 Å². The van der Waals surface area contributed by atoms with Gasteiger partial charge >= 0.3 is 6.03 Å². The van der Waals surface area contributed by atoms with E-state index in [4.69, 9.17) is 4.74 Å². The van der Waals surface area contributed by atoms with Crippen LogP contribution in [0.5, 0.6) is 5.75 Å². The van der Waals surface area contributed by atoms with E-state index in [1.54, 1.807) is 18.1 Å². The van der Waals surface area contributed by atoms with E-state index in [0.29, 0.717) is 24.5 Å². The number of carbonyl (C=O) groups is 2. The van der Waals surface area contributed by atoms with Crippen LogP contribution in [0.3, 0.4) is 0 Å². The number of methoxy groups -OCH3 is 1. The molecule has 1 aliphatic rings. The van der Waals surface area contributed by atoms with E-state index >= 15 is 0 Å². The predicted molar refractivity (Wildman–Crippen MR) is 94.2 cm³/mol. The monoisotopic (exact) mass is 333 g/mol. The Hall–Kier alpha value is -2.24. The number of urea groups is 1. The van der Waals surface area contributed by atoms with E-state index in [2.05, 4.69) is 10.6 Å². The van der Waals surface area contributed by atoms with Gasteiger partial charge in [0.2, 0.25) is 5.91 Å². The van der Waals surface area contributed by atoms with Crippen molar-refractivity contribution in [1.82, 2.24) is 10.2 Å². The van der Waals surface area contributed by atoms with Crippen molar-refractivity contribution in [1.29, 1.82) is 0 Å². The molecule has 0 saturated carbocycles. The zero-order chi connectivity index (χ0) is 17.7. The molecule has 3 amide bonds. The fourth-order valence-electron chi connectivity index (χ4n) is 2.75. The van der Waals surface area contributed by atoms with Gasteiger partial charge in [0.1, 0.15) is 5.75 Å². The normalized spacial score (nSPS) is 18.0. The summed E-state index contributed by atoms with van der Waals surface area (Å²) in [6.07, 6.45) is 1.64. The van der Waals surface area contributed by atoms with Crippen molar-refractivity contribution in [3.8, 4) is 5.75 Å². The first-order valence-electron chi connectivity index (χ1n) is 8.30. The topological polar surface area (TPSA) is 70.7 Å². The van der Waals surface area contributed by atoms with Crippen molar-refractivity contribution in [2.24, 2.45) is 5.92 Å². The molecule has 24 heavy (non-hydrogen) atoms. The van der Waals surface area contributed by atoms with E-state index in [-0.39, 0.29) is 23.4 Å². The largest absolute Gasteiger partial charge is 0.497 e. The third-order valence-electron chi connectivity index (χ3n) is 3.90. The highest BCUT2D eigenvalue weighted by Gasteiger charge is 2.30. The molecule has 2 rings (SSSR count). The first-order chi connectivity index (χ1) is 11.3. The number of rotatable bonds is 3. The van der Waals surface area contributed by atoms with Gasteiger partial charge in [-0.05, 0) is 45.7 Å². The van der Waals surface area contributed by atoms with Crippen molar-refractivity contribution in [3.05, 3.63) is 24.3 Å². The average Bonchev–Trinajstić information content (AvgIpc) is 2.53. The molecule has 0 unspecified atom stereocenters. The average molecular weight is 333 g/mol. The second kappa shape index (κ2) is 7.55. The quantitative estimate of drug-likeness (QED) is 0.893. The Morgan fingerprint density at radius 2 is 2.04 bits per heavy atom. The van der Waals surface area contributed by atoms with Crippen molar-refractivity contribution in [2.45, 2.75) is 39.2 Å². The Bertz CT molecular complexity index is 595. The summed E-state index contributed by atoms with van der Waals surface area (Å²) in [6, 6.07) is 7.05. The number of likely N-dealkylation sites (tertiary alicyclic amines) is 1. The fourth-order valence-corrected chi connectivity index (χ4v) is 2.75. The molecule has 1 aromatic carbocycles. The standard InChI is InChI=1S/C18H27N3O3/c1-18(2,3)20-16(22)13-7-6-10-21(12-13)17(23)19-14-8-5-9-15(11-14)24-4/h5,8-9,11,13H,6-7,10,12H2,1-4H3,(H,19,23)(H,20,22)/t13-/m1/s1. The summed E-state index contributed by atoms with van der Waals surface area (Å²) in [7, 11) is 1.59. The lowest BCUT2D eigenvalue weighted by Gasteiger charge is -2.33. The first-order valence-corrected chi connectivity index (χ1v) is 8.30. The van der Waals surface area contributed by atoms with Gasteiger partial charge in [-0.1, -0.05) is 6.07 Å². The number of hydrogen-bond donors (Lipinski definition) is 2. The predicted octanol–water partition coefficient (Wildman–Crippen LogP) is 2.85. The highest BCUT2D eigenvalue weighted by Crippen LogP contribution is 2.21. The van der Waals surface area contributed by atoms with Crippen LogP contribution in [0.25, 0.3) is 0 Å². The number of benzene rings is 1. The van der Waals surface area contributed by atoms with Crippen LogP contribution in [0.15, 0.2) is 24.3 Å². The van der Waals surface area contributed by atoms with Gasteiger partial charge < -0.3 is 20.3 Å². The Kier molecular flexibility index (Phi) is 5.70. The molecule has 2 N–H and O–H groups in total. The van der Waals surface area contributed by atoms with E-state index in [9.17, 15) is 9.59 Å². The maximum Gasteiger partial charge on any atom is 0.321 e. The number of nitrogens with one attached hydrogen (secondary N) is 2. The summed E-state index contributed by atoms with van der Waals surface area (Å²) in [4.78, 5) is 26.5. The molecule has 6 nitrogen and oxygen atoms in total. The van der Waals surface area contributed by atoms with Gasteiger partial charge in [0.25, 0.3) is 0 Å². The van der Waals surface area contributed by atoms with Crippen molar-refractivity contribution in [3.63, 3.8) is 0 Å². The molecule has 0 radical (unpaired) electrons. The first kappa shape index (κ1) is 18.1. The Morgan fingerprint density at radius 3 is 2.71 bits per heavy atom. The van der Waals surface area contributed by atoms with Crippen molar-refractivity contribution < 1.29 is 14.3 Å². The zero-order valence-corrected chi connectivity index (χ0v) is 14.9. The molecule has 1 aromatic rings. The minimum atomic E-state index is -0.262. The summed E-state index contributed by atoms with van der Waals surface area (Å²) in [6.45, 7) is 6.98. The molecule has 1 saturated heterocycles. The minimum Gasteiger partial charge on any atom is -0.497 e. The molecular weight excluding hydrogens is 306 g/mol. The zero-order valence-electron chi connectivity index (χ0n) is 14.9. The van der Waals surface area contributed by atoms with Crippen LogP contribution in [-0.4, -0.2) is 42.6 Å². The van der Waals surface area contributed by atoms with Crippen molar-refractivity contribution in [2.75, 3.05) is 25.5 Å². The maximum absolute atomic E-state index is 12.5. The number of piperidine rings is 1. The summed E-state index contributed by atoms with van der Waals surface area (Å²) < 4.78 is 5.16. The maximum atomic E-state index is 12.5. The molecule has 1 aliphatic heterocycles. The van der Waals surface area contributed by atoms with E-state index in [1.807, 2.05) is 39.0 Å². The fraction of sp³-hybridized carbons (Fsp3) is 0.556. The van der Waals surface area contributed by atoms with Gasteiger partial charge in [-0.25, -0.2) is 4.79 Å². The van der Waals surface area contributed by atoms with Crippen LogP contribution in [0, 0.1) is 5.92 Å². The molecule has 1 heterocycles. The summed E-state index contributed by atoms with van der Waals surface area (Å²) in [5.41, 5.74) is 0.419. The second-order valence-corrected chi connectivity index (χ2v) is 7.19. The Balaban J connectivity index is 1.95. The molecular formula is C18H27N3O3. The lowest BCUT2D eigenvalue weighted by Crippen LogP contribution is -2.50. The van der Waals surface area contributed by atoms with Crippen LogP contribution >= 0.6 is 0 Å². The molecule has 0 aromatic heterocycles. The lowest BCUT2D eigenvalue weighted by atomic mass is 9.96. The van der Waals surface area contributed by atoms with Gasteiger partial charge in [0, 0.05) is 30.4 Å². The second-order valence-electron chi connectivity index (χ2n) is 7.19. The SMILES string of the molecule is COc1cccc(NC(=O)N2CCC[C@@H](C(=O)NC(C)(C)C)C2)c1. The number of hydrogen-bond acceptors (Lipinski definition) is 3. The van der Waals surface area contributed by atoms with Gasteiger partial charge in [0.15, 0.2) is 0 Å². The molecule has 0 bridgehead atoms. The number of anilines is 1. The molecule has 1 atom stereocenters. The molecule has 0 spiro atoms. The van der Waals surface area contributed by atoms with Gasteiger partial charge in [-0.15, -0.1) is 0 Å². The van der Waals surface area contributed by atoms with Crippen molar-refractivity contribution >= 4 is 17.6 Å². The van der Waals surface area contributed by atoms with Crippen LogP contribution in [-0.2, 0) is 4.79 Å². The van der Waals surface area contributed by atoms with Crippen LogP contribution in [0.1, 0.15) is 33.6 Å². The summed E-state index contributed by atoms with van der Waals surface area (Å²) in [5, 5.41) is 5.87. The third-order valence-corrected chi connectivity index (χ3v) is 3.90. The van der Waals surface area contributed by atoms with E-state index in [1.165, 1.54) is 0 Å². The van der Waals surface area contributed by atoms with E-state index in [0.717, 1.165) is 12.8 Å². The Morgan fingerprint density at radius 1 is 1.29 bits per heavy atom. The van der Waals surface area contributed by atoms with Gasteiger partial charge in [-0.3, -0.25) is 4.79 Å². The van der Waals surface area contributed by atoms with Crippen LogP contribution in [0.4, 0.5) is 10.5 Å². The number of nitrogens with zero attached hydrogens (tertiary/aromatic N) is 1. The summed E-state index contributed by atoms with van der Waals surface area (Å²) >= 11 is 0. The Labute approximate surface area is 143 Å². The highest BCUT2D eigenvalue weighted by molar-refractivity contribution is 5.90. The van der Waals surface area contributed by atoms with E-state index < -0.39 is 0 Å². The molecule has 132 valence electrons. The van der Waals surface area contributed by atoms with Gasteiger partial charge in [-0.2, -0.15) is 0 Å². The summed E-state index contributed by atoms with van der Waals surface area (Å²) in [5.74, 6) is 0.546. The third kappa shape index (κ3) is 5.15. The number of ether oxygens (including phenoxy) is 1. The smallest absolute Gasteiger partial charge is 0.321 e. The van der Waals surface area contributed by atoms with Crippen LogP contribution in [0.2, 0.25) is 0 Å². The number of carbonyl (C=O) groups excluding carboxylic acids is 2. The van der Waals surface area contributed by atoms with Crippen LogP contribution < -0.4 is 15.4 Å². The highest BCUT2D eigenvalue weighted by atomic mass is 16.5. The minimum absolute atomic E-state index is 0.0152. The number of amides is 3. The molecule has 0 aliphatic carbocycles. The molecule has 6 heteroatoms. The lowest BCUT2D eigenvalue weighted by molar-refractivity contribution is -0.127.